The number of Topliss-reactive ketones (excluding diaryl/α,β-unsaturated/α-hetero) is 1. The second-order valence-electron chi connectivity index (χ2n) is 7.27. The monoisotopic (exact) mass is 244 g/mol. The number of hydrogen-bond donors (Lipinski definition) is 1. The molecule has 0 amide bonds. The predicted octanol–water partition coefficient (Wildman–Crippen LogP) is 2.48. The molecular weight excluding hydrogens is 224 g/mol. The number of carbonyl (C=O) groups is 1. The van der Waals surface area contributed by atoms with Crippen molar-refractivity contribution in [3.8, 4) is 0 Å². The summed E-state index contributed by atoms with van der Waals surface area (Å²) in [7, 11) is 0. The third kappa shape index (κ3) is 0.922. The first-order valence-electron chi connectivity index (χ1n) is 6.99. The van der Waals surface area contributed by atoms with Gasteiger partial charge in [-0.1, -0.05) is 23.8 Å². The molecule has 0 radical (unpaired) electrons. The van der Waals surface area contributed by atoms with Crippen LogP contribution in [-0.4, -0.2) is 16.5 Å². The van der Waals surface area contributed by atoms with Crippen LogP contribution in [0.3, 0.4) is 0 Å². The van der Waals surface area contributed by atoms with Crippen molar-refractivity contribution in [3.63, 3.8) is 0 Å². The topological polar surface area (TPSA) is 37.3 Å². The lowest BCUT2D eigenvalue weighted by molar-refractivity contribution is -0.168. The van der Waals surface area contributed by atoms with Gasteiger partial charge in [-0.05, 0) is 50.9 Å². The molecule has 2 heteroatoms. The van der Waals surface area contributed by atoms with E-state index in [1.54, 1.807) is 6.92 Å². The van der Waals surface area contributed by atoms with E-state index in [1.807, 2.05) is 6.92 Å². The molecule has 2 saturated carbocycles. The van der Waals surface area contributed by atoms with Crippen molar-refractivity contribution < 1.29 is 9.90 Å². The van der Waals surface area contributed by atoms with Crippen LogP contribution in [0.4, 0.5) is 0 Å². The van der Waals surface area contributed by atoms with Crippen molar-refractivity contribution >= 4 is 5.78 Å². The summed E-state index contributed by atoms with van der Waals surface area (Å²) in [4.78, 5) is 12.6. The van der Waals surface area contributed by atoms with Crippen molar-refractivity contribution in [1.29, 1.82) is 0 Å². The van der Waals surface area contributed by atoms with E-state index in [0.717, 1.165) is 0 Å². The Labute approximate surface area is 108 Å². The van der Waals surface area contributed by atoms with Crippen molar-refractivity contribution in [3.05, 3.63) is 23.8 Å². The SMILES string of the molecule is CC1=C[C@]2(C)C(=O)[C@@](C)(O)[C@H]1[C@H]1[C@@H]2C=CC12CC2. The van der Waals surface area contributed by atoms with Crippen molar-refractivity contribution in [2.24, 2.45) is 28.6 Å². The first-order chi connectivity index (χ1) is 8.33. The Hall–Kier alpha value is -0.890. The molecule has 0 aromatic heterocycles. The Morgan fingerprint density at radius 1 is 1.33 bits per heavy atom. The van der Waals surface area contributed by atoms with Crippen molar-refractivity contribution in [2.75, 3.05) is 0 Å². The molecular formula is C16H20O2. The van der Waals surface area contributed by atoms with Gasteiger partial charge in [-0.3, -0.25) is 4.79 Å². The molecule has 5 aliphatic rings. The highest BCUT2D eigenvalue weighted by Gasteiger charge is 2.70. The molecule has 0 aromatic carbocycles. The van der Waals surface area contributed by atoms with Gasteiger partial charge in [-0.25, -0.2) is 0 Å². The van der Waals surface area contributed by atoms with E-state index in [9.17, 15) is 9.90 Å². The van der Waals surface area contributed by atoms with E-state index in [-0.39, 0.29) is 11.7 Å². The largest absolute Gasteiger partial charge is 0.382 e. The molecule has 96 valence electrons. The molecule has 5 aliphatic carbocycles. The molecule has 18 heavy (non-hydrogen) atoms. The number of aliphatic hydroxyl groups is 1. The van der Waals surface area contributed by atoms with Crippen LogP contribution in [0.1, 0.15) is 33.6 Å². The summed E-state index contributed by atoms with van der Waals surface area (Å²) in [6.07, 6.45) is 9.20. The number of ketones is 1. The molecule has 5 rings (SSSR count). The molecule has 0 saturated heterocycles. The molecule has 2 nitrogen and oxygen atoms in total. The Morgan fingerprint density at radius 3 is 2.61 bits per heavy atom. The minimum Gasteiger partial charge on any atom is -0.382 e. The summed E-state index contributed by atoms with van der Waals surface area (Å²) in [5.41, 5.74) is -0.138. The average Bonchev–Trinajstić information content (AvgIpc) is 2.94. The van der Waals surface area contributed by atoms with E-state index < -0.39 is 11.0 Å². The Bertz CT molecular complexity index is 521. The molecule has 2 bridgehead atoms. The molecule has 2 fully saturated rings. The van der Waals surface area contributed by atoms with Crippen LogP contribution in [0.25, 0.3) is 0 Å². The van der Waals surface area contributed by atoms with Crippen LogP contribution < -0.4 is 0 Å². The Balaban J connectivity index is 1.96. The fourth-order valence-electron chi connectivity index (χ4n) is 5.28. The van der Waals surface area contributed by atoms with Gasteiger partial charge in [0.25, 0.3) is 0 Å². The lowest BCUT2D eigenvalue weighted by Crippen LogP contribution is -2.65. The summed E-state index contributed by atoms with van der Waals surface area (Å²) < 4.78 is 0. The van der Waals surface area contributed by atoms with Crippen LogP contribution in [-0.2, 0) is 4.79 Å². The Kier molecular flexibility index (Phi) is 1.63. The van der Waals surface area contributed by atoms with Gasteiger partial charge < -0.3 is 5.11 Å². The highest BCUT2D eigenvalue weighted by molar-refractivity contribution is 5.97. The van der Waals surface area contributed by atoms with Gasteiger partial charge in [-0.2, -0.15) is 0 Å². The first-order valence-corrected chi connectivity index (χ1v) is 6.99. The molecule has 0 heterocycles. The first kappa shape index (κ1) is 11.0. The number of rotatable bonds is 0. The number of carbonyl (C=O) groups excluding carboxylic acids is 1. The molecule has 0 aliphatic heterocycles. The minimum atomic E-state index is -1.17. The minimum absolute atomic E-state index is 0.0224. The second kappa shape index (κ2) is 2.67. The predicted molar refractivity (Wildman–Crippen MR) is 68.8 cm³/mol. The van der Waals surface area contributed by atoms with Crippen LogP contribution in [0.5, 0.6) is 0 Å². The summed E-state index contributed by atoms with van der Waals surface area (Å²) in [5.74, 6) is 0.796. The highest BCUT2D eigenvalue weighted by atomic mass is 16.3. The van der Waals surface area contributed by atoms with E-state index in [0.29, 0.717) is 17.3 Å². The third-order valence-corrected chi connectivity index (χ3v) is 6.14. The zero-order valence-electron chi connectivity index (χ0n) is 11.2. The van der Waals surface area contributed by atoms with Gasteiger partial charge in [0.15, 0.2) is 5.78 Å². The number of hydrogen-bond acceptors (Lipinski definition) is 2. The van der Waals surface area contributed by atoms with Gasteiger partial charge in [0.1, 0.15) is 5.60 Å². The van der Waals surface area contributed by atoms with E-state index in [2.05, 4.69) is 25.2 Å². The quantitative estimate of drug-likeness (QED) is 0.665. The van der Waals surface area contributed by atoms with Crippen LogP contribution in [0, 0.1) is 28.6 Å². The van der Waals surface area contributed by atoms with Crippen molar-refractivity contribution in [1.82, 2.24) is 0 Å². The van der Waals surface area contributed by atoms with Gasteiger partial charge in [-0.15, -0.1) is 0 Å². The fourth-order valence-corrected chi connectivity index (χ4v) is 5.28. The van der Waals surface area contributed by atoms with E-state index in [1.165, 1.54) is 18.4 Å². The Morgan fingerprint density at radius 2 is 2.00 bits per heavy atom. The van der Waals surface area contributed by atoms with Crippen molar-refractivity contribution in [2.45, 2.75) is 39.2 Å². The second-order valence-corrected chi connectivity index (χ2v) is 7.27. The van der Waals surface area contributed by atoms with Gasteiger partial charge in [0, 0.05) is 5.92 Å². The molecule has 1 spiro atoms. The van der Waals surface area contributed by atoms with E-state index >= 15 is 0 Å². The van der Waals surface area contributed by atoms with Gasteiger partial charge in [0.05, 0.1) is 5.41 Å². The smallest absolute Gasteiger partial charge is 0.174 e. The van der Waals surface area contributed by atoms with Crippen LogP contribution in [0.2, 0.25) is 0 Å². The summed E-state index contributed by atoms with van der Waals surface area (Å²) >= 11 is 0. The van der Waals surface area contributed by atoms with Gasteiger partial charge in [0.2, 0.25) is 0 Å². The molecule has 1 N–H and O–H groups in total. The highest BCUT2D eigenvalue weighted by Crippen LogP contribution is 2.71. The summed E-state index contributed by atoms with van der Waals surface area (Å²) in [6, 6.07) is 0. The van der Waals surface area contributed by atoms with E-state index in [4.69, 9.17) is 0 Å². The lowest BCUT2D eigenvalue weighted by atomic mass is 9.46. The lowest BCUT2D eigenvalue weighted by Gasteiger charge is -2.57. The summed E-state index contributed by atoms with van der Waals surface area (Å²) in [6.45, 7) is 5.85. The molecule has 0 unspecified atom stereocenters. The maximum Gasteiger partial charge on any atom is 0.174 e. The maximum absolute atomic E-state index is 12.6. The standard InChI is InChI=1S/C16H20O2/c1-9-8-14(2)10-4-5-16(6-7-16)12(10)11(9)15(3,18)13(14)17/h4-5,8,10-12,18H,6-7H2,1-3H3/t10-,11+,12+,14-,15-/m0/s1. The normalized spacial score (nSPS) is 54.8. The summed E-state index contributed by atoms with van der Waals surface area (Å²) in [5, 5.41) is 10.8. The average molecular weight is 244 g/mol. The fraction of sp³-hybridized carbons (Fsp3) is 0.688. The maximum atomic E-state index is 12.6. The van der Waals surface area contributed by atoms with Crippen LogP contribution >= 0.6 is 0 Å². The number of fused-ring (bicyclic) bond motifs is 1. The molecule has 0 aromatic rings. The zero-order valence-corrected chi connectivity index (χ0v) is 11.2. The number of allylic oxidation sites excluding steroid dienone is 3. The van der Waals surface area contributed by atoms with Gasteiger partial charge >= 0.3 is 0 Å². The third-order valence-electron chi connectivity index (χ3n) is 6.14. The zero-order chi connectivity index (χ0) is 12.9. The molecule has 5 atom stereocenters. The van der Waals surface area contributed by atoms with Crippen LogP contribution in [0.15, 0.2) is 23.8 Å².